The maximum Gasteiger partial charge on any atom is 0.276 e. The first-order valence-electron chi connectivity index (χ1n) is 5.27. The van der Waals surface area contributed by atoms with Crippen molar-refractivity contribution in [1.29, 1.82) is 0 Å². The molecule has 0 unspecified atom stereocenters. The molecule has 0 aromatic rings. The number of hydrogen-bond donors (Lipinski definition) is 2. The van der Waals surface area contributed by atoms with Gasteiger partial charge in [-0.05, 0) is 12.8 Å². The summed E-state index contributed by atoms with van der Waals surface area (Å²) in [5.74, 6) is -0.647. The first-order valence-corrected chi connectivity index (χ1v) is 5.27. The van der Waals surface area contributed by atoms with Crippen molar-refractivity contribution < 1.29 is 14.9 Å². The minimum absolute atomic E-state index is 0.0461. The van der Waals surface area contributed by atoms with Crippen LogP contribution in [0.1, 0.15) is 32.1 Å². The van der Waals surface area contributed by atoms with E-state index < -0.39 is 23.1 Å². The summed E-state index contributed by atoms with van der Waals surface area (Å²) in [7, 11) is 0. The van der Waals surface area contributed by atoms with Gasteiger partial charge < -0.3 is 10.5 Å². The van der Waals surface area contributed by atoms with Gasteiger partial charge in [0.15, 0.2) is 0 Å². The van der Waals surface area contributed by atoms with E-state index in [1.54, 1.807) is 0 Å². The van der Waals surface area contributed by atoms with Crippen molar-refractivity contribution in [2.75, 3.05) is 6.54 Å². The summed E-state index contributed by atoms with van der Waals surface area (Å²) in [6.45, 7) is -0.755. The standard InChI is InChI=1S/C9H15N3O4/c13-9(8(11-14)6-12(15)16)10-7-4-2-1-3-5-7/h7,14H,1-6H2,(H,10,13). The highest BCUT2D eigenvalue weighted by molar-refractivity contribution is 6.39. The molecule has 1 fully saturated rings. The van der Waals surface area contributed by atoms with E-state index in [4.69, 9.17) is 5.21 Å². The topological polar surface area (TPSA) is 105 Å². The third-order valence-corrected chi connectivity index (χ3v) is 2.60. The molecule has 1 aliphatic carbocycles. The number of oxime groups is 1. The fourth-order valence-corrected chi connectivity index (χ4v) is 1.79. The number of amides is 1. The van der Waals surface area contributed by atoms with Crippen LogP contribution in [0, 0.1) is 10.1 Å². The van der Waals surface area contributed by atoms with E-state index in [1.807, 2.05) is 0 Å². The Morgan fingerprint density at radius 3 is 2.56 bits per heavy atom. The van der Waals surface area contributed by atoms with E-state index in [0.717, 1.165) is 32.1 Å². The lowest BCUT2D eigenvalue weighted by Gasteiger charge is -2.22. The lowest BCUT2D eigenvalue weighted by Crippen LogP contribution is -2.42. The molecule has 0 atom stereocenters. The number of nitro groups is 1. The Bertz CT molecular complexity index is 297. The Kier molecular flexibility index (Phi) is 4.68. The molecule has 90 valence electrons. The summed E-state index contributed by atoms with van der Waals surface area (Å²) >= 11 is 0. The molecule has 0 aliphatic heterocycles. The van der Waals surface area contributed by atoms with Gasteiger partial charge in [0.25, 0.3) is 12.5 Å². The number of nitrogens with zero attached hydrogens (tertiary/aromatic N) is 2. The molecule has 0 heterocycles. The highest BCUT2D eigenvalue weighted by Crippen LogP contribution is 2.17. The summed E-state index contributed by atoms with van der Waals surface area (Å²) in [5.41, 5.74) is -0.449. The van der Waals surface area contributed by atoms with E-state index >= 15 is 0 Å². The molecule has 1 amide bonds. The van der Waals surface area contributed by atoms with E-state index in [1.165, 1.54) is 0 Å². The van der Waals surface area contributed by atoms with Crippen molar-refractivity contribution in [3.8, 4) is 0 Å². The Morgan fingerprint density at radius 1 is 1.44 bits per heavy atom. The molecule has 0 radical (unpaired) electrons. The van der Waals surface area contributed by atoms with Crippen LogP contribution in [-0.4, -0.2) is 34.3 Å². The van der Waals surface area contributed by atoms with Gasteiger partial charge >= 0.3 is 0 Å². The molecule has 0 aromatic carbocycles. The van der Waals surface area contributed by atoms with Crippen molar-refractivity contribution in [1.82, 2.24) is 5.32 Å². The molecule has 0 spiro atoms. The summed E-state index contributed by atoms with van der Waals surface area (Å²) in [4.78, 5) is 21.0. The van der Waals surface area contributed by atoms with Gasteiger partial charge in [0, 0.05) is 11.0 Å². The van der Waals surface area contributed by atoms with Crippen LogP contribution in [0.2, 0.25) is 0 Å². The number of carbonyl (C=O) groups is 1. The minimum Gasteiger partial charge on any atom is -0.410 e. The average molecular weight is 229 g/mol. The molecule has 1 saturated carbocycles. The Hall–Kier alpha value is -1.66. The van der Waals surface area contributed by atoms with Crippen molar-refractivity contribution in [2.24, 2.45) is 5.16 Å². The predicted octanol–water partition coefficient (Wildman–Crippen LogP) is 0.542. The summed E-state index contributed by atoms with van der Waals surface area (Å²) in [5, 5.41) is 24.0. The highest BCUT2D eigenvalue weighted by atomic mass is 16.6. The number of hydrogen-bond acceptors (Lipinski definition) is 5. The zero-order valence-corrected chi connectivity index (χ0v) is 8.89. The van der Waals surface area contributed by atoms with E-state index in [0.29, 0.717) is 0 Å². The van der Waals surface area contributed by atoms with Crippen molar-refractivity contribution in [2.45, 2.75) is 38.1 Å². The number of nitrogens with one attached hydrogen (secondary N) is 1. The molecule has 7 nitrogen and oxygen atoms in total. The zero-order valence-electron chi connectivity index (χ0n) is 8.89. The van der Waals surface area contributed by atoms with Crippen LogP contribution in [0.4, 0.5) is 0 Å². The van der Waals surface area contributed by atoms with Crippen LogP contribution in [0.5, 0.6) is 0 Å². The van der Waals surface area contributed by atoms with E-state index in [-0.39, 0.29) is 6.04 Å². The second kappa shape index (κ2) is 6.04. The molecule has 16 heavy (non-hydrogen) atoms. The largest absolute Gasteiger partial charge is 0.410 e. The maximum absolute atomic E-state index is 11.5. The lowest BCUT2D eigenvalue weighted by molar-refractivity contribution is -0.463. The summed E-state index contributed by atoms with van der Waals surface area (Å²) in [6, 6.07) is 0.0461. The number of carbonyl (C=O) groups excluding carboxylic acids is 1. The van der Waals surface area contributed by atoms with Crippen LogP contribution in [0.25, 0.3) is 0 Å². The van der Waals surface area contributed by atoms with Gasteiger partial charge in [-0.15, -0.1) is 0 Å². The van der Waals surface area contributed by atoms with Gasteiger partial charge in [0.05, 0.1) is 0 Å². The molecular formula is C9H15N3O4. The van der Waals surface area contributed by atoms with Gasteiger partial charge in [-0.25, -0.2) is 0 Å². The first kappa shape index (κ1) is 12.4. The molecule has 1 aliphatic rings. The molecule has 7 heteroatoms. The maximum atomic E-state index is 11.5. The van der Waals surface area contributed by atoms with Gasteiger partial charge in [-0.2, -0.15) is 0 Å². The first-order chi connectivity index (χ1) is 7.63. The monoisotopic (exact) mass is 229 g/mol. The Morgan fingerprint density at radius 2 is 2.06 bits per heavy atom. The molecule has 2 N–H and O–H groups in total. The zero-order chi connectivity index (χ0) is 12.0. The quantitative estimate of drug-likeness (QED) is 0.317. The van der Waals surface area contributed by atoms with Gasteiger partial charge in [0.2, 0.25) is 5.71 Å². The van der Waals surface area contributed by atoms with Crippen LogP contribution >= 0.6 is 0 Å². The Labute approximate surface area is 92.7 Å². The molecule has 0 bridgehead atoms. The van der Waals surface area contributed by atoms with Crippen molar-refractivity contribution >= 4 is 11.6 Å². The van der Waals surface area contributed by atoms with Crippen LogP contribution in [0.15, 0.2) is 5.16 Å². The van der Waals surface area contributed by atoms with E-state index in [9.17, 15) is 14.9 Å². The van der Waals surface area contributed by atoms with Crippen molar-refractivity contribution in [3.63, 3.8) is 0 Å². The molecular weight excluding hydrogens is 214 g/mol. The number of rotatable bonds is 4. The van der Waals surface area contributed by atoms with Gasteiger partial charge in [-0.3, -0.25) is 14.9 Å². The minimum atomic E-state index is -0.755. The normalized spacial score (nSPS) is 18.1. The molecule has 1 rings (SSSR count). The fourth-order valence-electron chi connectivity index (χ4n) is 1.79. The SMILES string of the molecule is O=C(NC1CCCCC1)C(C[N+](=O)[O-])=NO. The lowest BCUT2D eigenvalue weighted by atomic mass is 9.95. The van der Waals surface area contributed by atoms with Crippen molar-refractivity contribution in [3.05, 3.63) is 10.1 Å². The van der Waals surface area contributed by atoms with E-state index in [2.05, 4.69) is 10.5 Å². The average Bonchev–Trinajstić information content (AvgIpc) is 2.26. The molecule has 0 aromatic heterocycles. The third-order valence-electron chi connectivity index (χ3n) is 2.60. The second-order valence-electron chi connectivity index (χ2n) is 3.85. The summed E-state index contributed by atoms with van der Waals surface area (Å²) in [6.07, 6.45) is 5.01. The fraction of sp³-hybridized carbons (Fsp3) is 0.778. The van der Waals surface area contributed by atoms with Gasteiger partial charge in [-0.1, -0.05) is 24.4 Å². The smallest absolute Gasteiger partial charge is 0.276 e. The third kappa shape index (κ3) is 3.84. The van der Waals surface area contributed by atoms with Gasteiger partial charge in [0.1, 0.15) is 0 Å². The Balaban J connectivity index is 2.45. The van der Waals surface area contributed by atoms with Crippen LogP contribution in [-0.2, 0) is 4.79 Å². The molecule has 0 saturated heterocycles. The predicted molar refractivity (Wildman–Crippen MR) is 56.1 cm³/mol. The summed E-state index contributed by atoms with van der Waals surface area (Å²) < 4.78 is 0. The van der Waals surface area contributed by atoms with Crippen LogP contribution in [0.3, 0.4) is 0 Å². The second-order valence-corrected chi connectivity index (χ2v) is 3.85. The van der Waals surface area contributed by atoms with Crippen LogP contribution < -0.4 is 5.32 Å². The highest BCUT2D eigenvalue weighted by Gasteiger charge is 2.22.